The number of nitriles is 1. The molecule has 0 saturated carbocycles. The van der Waals surface area contributed by atoms with E-state index in [-0.39, 0.29) is 5.78 Å². The van der Waals surface area contributed by atoms with Crippen molar-refractivity contribution < 1.29 is 9.53 Å². The Hall–Kier alpha value is -2.12. The SMILES string of the molecule is CCOc1ccc(C(C#N)C(=O)c2sccc2CC)cc1. The molecule has 0 saturated heterocycles. The Morgan fingerprint density at radius 1 is 1.29 bits per heavy atom. The maximum atomic E-state index is 12.6. The van der Waals surface area contributed by atoms with Gasteiger partial charge in [-0.2, -0.15) is 5.26 Å². The molecule has 2 rings (SSSR count). The Morgan fingerprint density at radius 3 is 2.57 bits per heavy atom. The minimum Gasteiger partial charge on any atom is -0.494 e. The van der Waals surface area contributed by atoms with Crippen LogP contribution in [0.3, 0.4) is 0 Å². The van der Waals surface area contributed by atoms with E-state index in [1.807, 2.05) is 25.3 Å². The first-order valence-corrected chi connectivity index (χ1v) is 7.82. The molecule has 0 N–H and O–H groups in total. The molecule has 1 aromatic heterocycles. The van der Waals surface area contributed by atoms with Gasteiger partial charge < -0.3 is 4.74 Å². The van der Waals surface area contributed by atoms with Crippen molar-refractivity contribution in [1.82, 2.24) is 0 Å². The first-order chi connectivity index (χ1) is 10.2. The predicted molar refractivity (Wildman–Crippen MR) is 84.0 cm³/mol. The fourth-order valence-electron chi connectivity index (χ4n) is 2.17. The van der Waals surface area contributed by atoms with Crippen LogP contribution in [0.25, 0.3) is 0 Å². The largest absolute Gasteiger partial charge is 0.494 e. The molecular weight excluding hydrogens is 282 g/mol. The lowest BCUT2D eigenvalue weighted by atomic mass is 9.93. The second kappa shape index (κ2) is 7.05. The van der Waals surface area contributed by atoms with Crippen molar-refractivity contribution in [2.45, 2.75) is 26.2 Å². The molecule has 3 nitrogen and oxygen atoms in total. The summed E-state index contributed by atoms with van der Waals surface area (Å²) in [6.45, 7) is 4.52. The third-order valence-electron chi connectivity index (χ3n) is 3.27. The number of ether oxygens (including phenoxy) is 1. The summed E-state index contributed by atoms with van der Waals surface area (Å²) in [5, 5.41) is 11.3. The fraction of sp³-hybridized carbons (Fsp3) is 0.294. The van der Waals surface area contributed by atoms with E-state index in [0.29, 0.717) is 17.0 Å². The van der Waals surface area contributed by atoms with Crippen molar-refractivity contribution >= 4 is 17.1 Å². The first kappa shape index (κ1) is 15.3. The molecule has 1 heterocycles. The van der Waals surface area contributed by atoms with Gasteiger partial charge in [0.25, 0.3) is 0 Å². The zero-order chi connectivity index (χ0) is 15.2. The molecule has 108 valence electrons. The Labute approximate surface area is 128 Å². The lowest BCUT2D eigenvalue weighted by Crippen LogP contribution is -2.11. The molecule has 0 radical (unpaired) electrons. The van der Waals surface area contributed by atoms with Crippen LogP contribution in [-0.2, 0) is 6.42 Å². The Kier molecular flexibility index (Phi) is 5.13. The number of Topliss-reactive ketones (excluding diaryl/α,β-unsaturated/α-hetero) is 1. The lowest BCUT2D eigenvalue weighted by Gasteiger charge is -2.10. The Bertz CT molecular complexity index is 652. The number of nitrogens with zero attached hydrogens (tertiary/aromatic N) is 1. The van der Waals surface area contributed by atoms with Gasteiger partial charge in [-0.05, 0) is 48.1 Å². The topological polar surface area (TPSA) is 50.1 Å². The second-order valence-electron chi connectivity index (χ2n) is 4.56. The van der Waals surface area contributed by atoms with E-state index in [1.54, 1.807) is 24.3 Å². The number of rotatable bonds is 6. The van der Waals surface area contributed by atoms with Crippen molar-refractivity contribution in [3.8, 4) is 11.8 Å². The normalized spacial score (nSPS) is 11.7. The third kappa shape index (κ3) is 3.32. The van der Waals surface area contributed by atoms with Crippen LogP contribution in [0.4, 0.5) is 0 Å². The molecule has 2 aromatic rings. The van der Waals surface area contributed by atoms with E-state index >= 15 is 0 Å². The van der Waals surface area contributed by atoms with Crippen LogP contribution in [0.5, 0.6) is 5.75 Å². The van der Waals surface area contributed by atoms with Gasteiger partial charge >= 0.3 is 0 Å². The molecule has 0 spiro atoms. The standard InChI is InChI=1S/C17H17NO2S/c1-3-12-9-10-21-17(12)16(19)15(11-18)13-5-7-14(8-6-13)20-4-2/h5-10,15H,3-4H2,1-2H3. The monoisotopic (exact) mass is 299 g/mol. The highest BCUT2D eigenvalue weighted by Gasteiger charge is 2.24. The minimum absolute atomic E-state index is 0.117. The number of carbonyl (C=O) groups is 1. The highest BCUT2D eigenvalue weighted by Crippen LogP contribution is 2.27. The van der Waals surface area contributed by atoms with Crippen molar-refractivity contribution in [2.75, 3.05) is 6.61 Å². The van der Waals surface area contributed by atoms with Crippen molar-refractivity contribution in [2.24, 2.45) is 0 Å². The van der Waals surface area contributed by atoms with Gasteiger partial charge in [0, 0.05) is 0 Å². The Balaban J connectivity index is 2.27. The molecule has 0 bridgehead atoms. The van der Waals surface area contributed by atoms with Gasteiger partial charge in [0.05, 0.1) is 17.6 Å². The lowest BCUT2D eigenvalue weighted by molar-refractivity contribution is 0.0982. The summed E-state index contributed by atoms with van der Waals surface area (Å²) in [6.07, 6.45) is 0.798. The number of hydrogen-bond acceptors (Lipinski definition) is 4. The van der Waals surface area contributed by atoms with Crippen LogP contribution in [0, 0.1) is 11.3 Å². The molecule has 1 atom stereocenters. The minimum atomic E-state index is -0.760. The Morgan fingerprint density at radius 2 is 2.00 bits per heavy atom. The predicted octanol–water partition coefficient (Wildman–Crippen LogP) is 4.20. The quantitative estimate of drug-likeness (QED) is 0.751. The number of carbonyl (C=O) groups excluding carboxylic acids is 1. The zero-order valence-electron chi connectivity index (χ0n) is 12.1. The van der Waals surface area contributed by atoms with Gasteiger partial charge in [-0.25, -0.2) is 0 Å². The van der Waals surface area contributed by atoms with E-state index in [1.165, 1.54) is 11.3 Å². The average Bonchev–Trinajstić information content (AvgIpc) is 2.98. The van der Waals surface area contributed by atoms with Crippen LogP contribution < -0.4 is 4.74 Å². The van der Waals surface area contributed by atoms with Crippen molar-refractivity contribution in [3.63, 3.8) is 0 Å². The van der Waals surface area contributed by atoms with Gasteiger partial charge in [-0.1, -0.05) is 19.1 Å². The highest BCUT2D eigenvalue weighted by molar-refractivity contribution is 7.12. The zero-order valence-corrected chi connectivity index (χ0v) is 12.9. The van der Waals surface area contributed by atoms with Gasteiger partial charge in [0.2, 0.25) is 0 Å². The van der Waals surface area contributed by atoms with E-state index < -0.39 is 5.92 Å². The molecule has 1 unspecified atom stereocenters. The van der Waals surface area contributed by atoms with E-state index in [9.17, 15) is 10.1 Å². The maximum Gasteiger partial charge on any atom is 0.194 e. The molecular formula is C17H17NO2S. The molecule has 4 heteroatoms. The van der Waals surface area contributed by atoms with Crippen LogP contribution in [0.1, 0.15) is 40.6 Å². The average molecular weight is 299 g/mol. The van der Waals surface area contributed by atoms with Crippen LogP contribution in [0.15, 0.2) is 35.7 Å². The van der Waals surface area contributed by atoms with Gasteiger partial charge in [-0.3, -0.25) is 4.79 Å². The van der Waals surface area contributed by atoms with E-state index in [2.05, 4.69) is 6.07 Å². The molecule has 0 aliphatic rings. The molecule has 21 heavy (non-hydrogen) atoms. The molecule has 1 aromatic carbocycles. The number of hydrogen-bond donors (Lipinski definition) is 0. The summed E-state index contributed by atoms with van der Waals surface area (Å²) in [5.74, 6) is -0.131. The summed E-state index contributed by atoms with van der Waals surface area (Å²) in [4.78, 5) is 13.3. The summed E-state index contributed by atoms with van der Waals surface area (Å²) in [7, 11) is 0. The molecule has 0 fully saturated rings. The summed E-state index contributed by atoms with van der Waals surface area (Å²) in [5.41, 5.74) is 1.72. The third-order valence-corrected chi connectivity index (χ3v) is 4.24. The number of aryl methyl sites for hydroxylation is 1. The number of ketones is 1. The maximum absolute atomic E-state index is 12.6. The highest BCUT2D eigenvalue weighted by atomic mass is 32.1. The number of thiophene rings is 1. The summed E-state index contributed by atoms with van der Waals surface area (Å²) >= 11 is 1.41. The van der Waals surface area contributed by atoms with E-state index in [4.69, 9.17) is 4.74 Å². The first-order valence-electron chi connectivity index (χ1n) is 6.94. The smallest absolute Gasteiger partial charge is 0.194 e. The molecule has 0 aliphatic carbocycles. The van der Waals surface area contributed by atoms with Crippen LogP contribution in [0.2, 0.25) is 0 Å². The second-order valence-corrected chi connectivity index (χ2v) is 5.47. The summed E-state index contributed by atoms with van der Waals surface area (Å²) < 4.78 is 5.38. The molecule has 0 aliphatic heterocycles. The van der Waals surface area contributed by atoms with Crippen molar-refractivity contribution in [1.29, 1.82) is 5.26 Å². The summed E-state index contributed by atoms with van der Waals surface area (Å²) in [6, 6.07) is 11.2. The van der Waals surface area contributed by atoms with Crippen LogP contribution in [-0.4, -0.2) is 12.4 Å². The molecule has 0 amide bonds. The fourth-order valence-corrected chi connectivity index (χ4v) is 3.14. The van der Waals surface area contributed by atoms with Gasteiger partial charge in [0.15, 0.2) is 5.78 Å². The van der Waals surface area contributed by atoms with Gasteiger partial charge in [-0.15, -0.1) is 11.3 Å². The van der Waals surface area contributed by atoms with Gasteiger partial charge in [0.1, 0.15) is 11.7 Å². The van der Waals surface area contributed by atoms with E-state index in [0.717, 1.165) is 17.7 Å². The van der Waals surface area contributed by atoms with Crippen molar-refractivity contribution in [3.05, 3.63) is 51.7 Å². The van der Waals surface area contributed by atoms with Crippen LogP contribution >= 0.6 is 11.3 Å². The number of benzene rings is 1.